The van der Waals surface area contributed by atoms with Crippen LogP contribution in [0, 0.1) is 17.7 Å². The third-order valence-corrected chi connectivity index (χ3v) is 11.2. The first kappa shape index (κ1) is 34.1. The Labute approximate surface area is 316 Å². The van der Waals surface area contributed by atoms with Gasteiger partial charge in [-0.05, 0) is 6.07 Å². The van der Waals surface area contributed by atoms with Gasteiger partial charge in [0.2, 0.25) is 0 Å². The summed E-state index contributed by atoms with van der Waals surface area (Å²) in [5.74, 6) is 2.50. The van der Waals surface area contributed by atoms with E-state index in [0.29, 0.717) is 0 Å². The summed E-state index contributed by atoms with van der Waals surface area (Å²) in [4.78, 5) is 4.73. The van der Waals surface area contributed by atoms with E-state index >= 15 is 0 Å². The van der Waals surface area contributed by atoms with Crippen molar-refractivity contribution in [1.29, 1.82) is 0 Å². The molecule has 3 heterocycles. The Morgan fingerprint density at radius 3 is 1.90 bits per heavy atom. The van der Waals surface area contributed by atoms with E-state index in [2.05, 4.69) is 192 Å². The van der Waals surface area contributed by atoms with Gasteiger partial charge in [0.05, 0.1) is 0 Å². The summed E-state index contributed by atoms with van der Waals surface area (Å²) in [7, 11) is 0. The predicted molar refractivity (Wildman–Crippen MR) is 211 cm³/mol. The van der Waals surface area contributed by atoms with Crippen LogP contribution in [0.5, 0.6) is 11.5 Å². The molecule has 8 rings (SSSR count). The van der Waals surface area contributed by atoms with E-state index in [4.69, 9.17) is 9.72 Å². The molecule has 0 atom stereocenters. The summed E-state index contributed by atoms with van der Waals surface area (Å²) in [5, 5.41) is 2.35. The summed E-state index contributed by atoms with van der Waals surface area (Å²) in [6.45, 7) is 17.9. The molecule has 264 valence electrons. The molecule has 8 aromatic rings. The molecule has 0 unspecified atom stereocenters. The molecule has 0 fully saturated rings. The van der Waals surface area contributed by atoms with Gasteiger partial charge in [0.1, 0.15) is 0 Å². The van der Waals surface area contributed by atoms with E-state index in [9.17, 15) is 0 Å². The van der Waals surface area contributed by atoms with Gasteiger partial charge in [-0.3, -0.25) is 0 Å². The van der Waals surface area contributed by atoms with Gasteiger partial charge in [0, 0.05) is 6.20 Å². The Balaban J connectivity index is 1.32. The molecule has 0 aliphatic carbocycles. The number of ether oxygens (including phenoxy) is 1. The van der Waals surface area contributed by atoms with Crippen LogP contribution in [0.4, 0.5) is 0 Å². The summed E-state index contributed by atoms with van der Waals surface area (Å²) in [6.07, 6.45) is 1.84. The number of imidazole rings is 1. The van der Waals surface area contributed by atoms with Crippen molar-refractivity contribution in [2.45, 2.75) is 66.2 Å². The number of aromatic nitrogens is 4. The van der Waals surface area contributed by atoms with Crippen molar-refractivity contribution in [3.8, 4) is 28.7 Å². The number of aryl methyl sites for hydroxylation is 2. The quantitative estimate of drug-likeness (QED) is 0.173. The molecule has 0 N–H and O–H groups in total. The molecular weight excluding hydrogens is 820 g/mol. The number of hydrogen-bond donors (Lipinski definition) is 0. The second kappa shape index (κ2) is 12.6. The number of hydrogen-bond acceptors (Lipinski definition) is 2. The maximum atomic E-state index is 6.98. The van der Waals surface area contributed by atoms with Gasteiger partial charge in [-0.1, -0.05) is 18.2 Å². The van der Waals surface area contributed by atoms with Crippen molar-refractivity contribution >= 4 is 32.8 Å². The van der Waals surface area contributed by atoms with Crippen LogP contribution < -0.4 is 4.74 Å². The molecule has 6 heteroatoms. The van der Waals surface area contributed by atoms with E-state index < -0.39 is 0 Å². The number of benzene rings is 5. The number of rotatable bonds is 5. The van der Waals surface area contributed by atoms with Gasteiger partial charge < -0.3 is 0 Å². The first-order valence-corrected chi connectivity index (χ1v) is 19.0. The van der Waals surface area contributed by atoms with Gasteiger partial charge in [-0.2, -0.15) is 0 Å². The Morgan fingerprint density at radius 2 is 1.23 bits per heavy atom. The average molecular weight is 864 g/mol. The molecule has 0 radical (unpaired) electrons. The molecule has 0 amide bonds. The Bertz CT molecular complexity index is 2720. The molecule has 0 aliphatic rings. The summed E-state index contributed by atoms with van der Waals surface area (Å²) < 4.78 is 15.1. The predicted octanol–water partition coefficient (Wildman–Crippen LogP) is 12.0. The van der Waals surface area contributed by atoms with Crippen LogP contribution in [-0.4, -0.2) is 18.7 Å². The van der Waals surface area contributed by atoms with Crippen LogP contribution in [0.15, 0.2) is 121 Å². The fraction of sp³-hybridized carbons (Fsp3) is 0.217. The minimum atomic E-state index is -0.145. The van der Waals surface area contributed by atoms with Gasteiger partial charge in [-0.25, -0.2) is 0 Å². The number of nitrogens with zero attached hydrogens (tertiary/aromatic N) is 4. The molecular formula is C46H44N4OPt. The third-order valence-electron chi connectivity index (χ3n) is 10.2. The van der Waals surface area contributed by atoms with Crippen LogP contribution in [0.1, 0.15) is 63.8 Å². The molecule has 0 aliphatic heterocycles. The van der Waals surface area contributed by atoms with E-state index in [1.165, 1.54) is 27.6 Å². The van der Waals surface area contributed by atoms with Crippen molar-refractivity contribution in [2.75, 3.05) is 0 Å². The SMILES string of the molecule is Cc1cc2c(cc1C)n(-c1ccc(C(C)(C)C)c(Oc3ccc4c5ccccc5n(-c5ccccn5)c4c3)c1)[c](=[Pt])n2-c1cccc(C(C)(C)C)c1. The third kappa shape index (κ3) is 5.86. The zero-order valence-corrected chi connectivity index (χ0v) is 33.3. The fourth-order valence-electron chi connectivity index (χ4n) is 7.24. The summed E-state index contributed by atoms with van der Waals surface area (Å²) in [5.41, 5.74) is 11.6. The zero-order valence-electron chi connectivity index (χ0n) is 31.1. The molecule has 0 saturated heterocycles. The van der Waals surface area contributed by atoms with Gasteiger partial charge in [0.15, 0.2) is 0 Å². The Morgan fingerprint density at radius 1 is 0.558 bits per heavy atom. The first-order valence-electron chi connectivity index (χ1n) is 17.9. The first-order chi connectivity index (χ1) is 24.8. The summed E-state index contributed by atoms with van der Waals surface area (Å²) in [6, 6.07) is 41.3. The Kier molecular flexibility index (Phi) is 8.27. The molecule has 0 spiro atoms. The second-order valence-corrected chi connectivity index (χ2v) is 16.9. The van der Waals surface area contributed by atoms with Gasteiger partial charge in [0.25, 0.3) is 0 Å². The summed E-state index contributed by atoms with van der Waals surface area (Å²) >= 11 is 2.50. The molecule has 3 aromatic heterocycles. The van der Waals surface area contributed by atoms with Crippen LogP contribution in [0.3, 0.4) is 0 Å². The number of para-hydroxylation sites is 1. The monoisotopic (exact) mass is 863 g/mol. The number of fused-ring (bicyclic) bond motifs is 4. The molecule has 52 heavy (non-hydrogen) atoms. The van der Waals surface area contributed by atoms with E-state index in [-0.39, 0.29) is 10.8 Å². The average Bonchev–Trinajstić information content (AvgIpc) is 3.58. The van der Waals surface area contributed by atoms with Crippen LogP contribution in [0.25, 0.3) is 50.0 Å². The van der Waals surface area contributed by atoms with Crippen molar-refractivity contribution in [1.82, 2.24) is 18.7 Å². The molecule has 5 nitrogen and oxygen atoms in total. The zero-order chi connectivity index (χ0) is 36.5. The standard InChI is InChI=1S/C46H44N4O.Pt/c1-30-24-41-42(25-31(30)2)49(29-48(41)33-15-13-14-32(26-33)45(3,4)5)34-19-22-38(46(6,7)8)43(27-34)51-35-20-21-37-36-16-9-10-17-39(36)50(40(37)28-35)44-18-11-12-23-47-44;/h9-28H,1-8H3;. The maximum absolute atomic E-state index is 6.98. The topological polar surface area (TPSA) is 36.9 Å². The van der Waals surface area contributed by atoms with E-state index in [0.717, 1.165) is 60.0 Å². The van der Waals surface area contributed by atoms with E-state index in [1.807, 2.05) is 18.3 Å². The molecule has 5 aromatic carbocycles. The Hall–Kier alpha value is -4.99. The van der Waals surface area contributed by atoms with Crippen molar-refractivity contribution in [2.24, 2.45) is 0 Å². The second-order valence-electron chi connectivity index (χ2n) is 15.9. The normalized spacial score (nSPS) is 12.3. The number of pyridine rings is 1. The van der Waals surface area contributed by atoms with Crippen LogP contribution in [0.2, 0.25) is 0 Å². The van der Waals surface area contributed by atoms with Gasteiger partial charge in [-0.15, -0.1) is 0 Å². The minimum absolute atomic E-state index is 0.0388. The van der Waals surface area contributed by atoms with Crippen molar-refractivity contribution in [3.05, 3.63) is 148 Å². The van der Waals surface area contributed by atoms with Gasteiger partial charge >= 0.3 is 288 Å². The molecule has 0 bridgehead atoms. The van der Waals surface area contributed by atoms with Crippen LogP contribution in [-0.2, 0) is 30.2 Å². The van der Waals surface area contributed by atoms with Crippen LogP contribution >= 0.6 is 0 Å². The fourth-order valence-corrected chi connectivity index (χ4v) is 8.38. The van der Waals surface area contributed by atoms with Crippen molar-refractivity contribution < 1.29 is 24.1 Å². The van der Waals surface area contributed by atoms with Crippen molar-refractivity contribution in [3.63, 3.8) is 0 Å². The van der Waals surface area contributed by atoms with E-state index in [1.54, 1.807) is 0 Å². The molecule has 0 saturated carbocycles.